The molecule has 4 N–H and O–H groups in total. The molecule has 40 heavy (non-hydrogen) atoms. The number of nitrogens with one attached hydrogen (secondary N) is 1. The van der Waals surface area contributed by atoms with E-state index >= 15 is 0 Å². The van der Waals surface area contributed by atoms with Gasteiger partial charge in [-0.25, -0.2) is 4.99 Å². The van der Waals surface area contributed by atoms with Crippen molar-refractivity contribution in [3.05, 3.63) is 77.1 Å². The Morgan fingerprint density at radius 2 is 2.00 bits per heavy atom. The van der Waals surface area contributed by atoms with Crippen LogP contribution in [0.1, 0.15) is 24.1 Å². The number of ether oxygens (including phenoxy) is 3. The predicted octanol–water partition coefficient (Wildman–Crippen LogP) is 3.77. The first-order valence-corrected chi connectivity index (χ1v) is 13.5. The third-order valence-electron chi connectivity index (χ3n) is 6.50. The Hall–Kier alpha value is -3.86. The first kappa shape index (κ1) is 29.1. The van der Waals surface area contributed by atoms with E-state index in [9.17, 15) is 9.90 Å². The van der Waals surface area contributed by atoms with E-state index in [1.165, 1.54) is 0 Å². The number of anilines is 1. The van der Waals surface area contributed by atoms with E-state index in [0.717, 1.165) is 24.2 Å². The average molecular weight is 568 g/mol. The number of hydrogen-bond donors (Lipinski definition) is 3. The summed E-state index contributed by atoms with van der Waals surface area (Å²) in [5.74, 6) is 0.921. The maximum absolute atomic E-state index is 12.4. The van der Waals surface area contributed by atoms with Crippen LogP contribution in [-0.2, 0) is 16.1 Å². The van der Waals surface area contributed by atoms with Crippen molar-refractivity contribution in [1.29, 1.82) is 0 Å². The first-order chi connectivity index (χ1) is 19.5. The second-order valence-electron chi connectivity index (χ2n) is 9.09. The number of aromatic nitrogens is 1. The van der Waals surface area contributed by atoms with Crippen molar-refractivity contribution in [2.45, 2.75) is 25.5 Å². The van der Waals surface area contributed by atoms with Gasteiger partial charge in [0.2, 0.25) is 5.91 Å². The molecule has 0 radical (unpaired) electrons. The van der Waals surface area contributed by atoms with E-state index in [4.69, 9.17) is 31.5 Å². The van der Waals surface area contributed by atoms with Crippen LogP contribution in [0.4, 0.5) is 11.4 Å². The lowest BCUT2D eigenvalue weighted by atomic mass is 10.1. The number of benzene rings is 2. The Morgan fingerprint density at radius 1 is 1.18 bits per heavy atom. The number of rotatable bonds is 12. The summed E-state index contributed by atoms with van der Waals surface area (Å²) in [6.07, 6.45) is 3.15. The number of aliphatic imine (C=N–C) groups is 1. The number of aliphatic hydroxyl groups excluding tert-OH is 1. The Labute approximate surface area is 238 Å². The van der Waals surface area contributed by atoms with E-state index in [1.807, 2.05) is 30.3 Å². The molecule has 0 atom stereocenters. The highest BCUT2D eigenvalue weighted by Gasteiger charge is 2.25. The van der Waals surface area contributed by atoms with Crippen molar-refractivity contribution in [2.75, 3.05) is 45.3 Å². The zero-order valence-electron chi connectivity index (χ0n) is 22.4. The number of nitrogens with zero attached hydrogens (tertiary/aromatic N) is 3. The Kier molecular flexibility index (Phi) is 10.6. The van der Waals surface area contributed by atoms with E-state index in [2.05, 4.69) is 15.3 Å². The van der Waals surface area contributed by atoms with Crippen LogP contribution in [0.2, 0.25) is 5.02 Å². The highest BCUT2D eigenvalue weighted by Crippen LogP contribution is 2.32. The highest BCUT2D eigenvalue weighted by molar-refractivity contribution is 6.32. The summed E-state index contributed by atoms with van der Waals surface area (Å²) in [4.78, 5) is 22.9. The van der Waals surface area contributed by atoms with Crippen LogP contribution < -0.4 is 20.5 Å². The van der Waals surface area contributed by atoms with Crippen LogP contribution >= 0.6 is 11.6 Å². The van der Waals surface area contributed by atoms with Crippen LogP contribution in [0.15, 0.2) is 65.8 Å². The van der Waals surface area contributed by atoms with Crippen LogP contribution in [0.5, 0.6) is 11.5 Å². The molecule has 0 spiro atoms. The molecule has 0 unspecified atom stereocenters. The molecule has 1 amide bonds. The van der Waals surface area contributed by atoms with E-state index in [0.29, 0.717) is 47.5 Å². The summed E-state index contributed by atoms with van der Waals surface area (Å²) in [5.41, 5.74) is 9.13. The molecule has 1 fully saturated rings. The van der Waals surface area contributed by atoms with Gasteiger partial charge in [0, 0.05) is 38.2 Å². The monoisotopic (exact) mass is 567 g/mol. The molecular formula is C29H34ClN5O5. The second-order valence-corrected chi connectivity index (χ2v) is 9.49. The van der Waals surface area contributed by atoms with Crippen LogP contribution in [0.25, 0.3) is 0 Å². The van der Waals surface area contributed by atoms with Gasteiger partial charge in [-0.2, -0.15) is 0 Å². The average Bonchev–Trinajstić information content (AvgIpc) is 2.99. The van der Waals surface area contributed by atoms with Crippen molar-refractivity contribution < 1.29 is 24.1 Å². The number of aliphatic hydroxyl groups is 1. The first-order valence-electron chi connectivity index (χ1n) is 13.1. The molecule has 1 aromatic heterocycles. The fourth-order valence-corrected chi connectivity index (χ4v) is 4.71. The molecule has 1 saturated heterocycles. The van der Waals surface area contributed by atoms with Crippen molar-refractivity contribution in [3.63, 3.8) is 0 Å². The summed E-state index contributed by atoms with van der Waals surface area (Å²) in [6, 6.07) is 16.3. The van der Waals surface area contributed by atoms with Crippen molar-refractivity contribution in [3.8, 4) is 11.5 Å². The van der Waals surface area contributed by atoms with Gasteiger partial charge in [-0.3, -0.25) is 9.78 Å². The molecule has 3 aromatic rings. The largest absolute Gasteiger partial charge is 0.491 e. The zero-order valence-corrected chi connectivity index (χ0v) is 23.1. The summed E-state index contributed by atoms with van der Waals surface area (Å²) < 4.78 is 17.3. The third kappa shape index (κ3) is 7.62. The lowest BCUT2D eigenvalue weighted by Gasteiger charge is -2.34. The maximum atomic E-state index is 12.4. The fraction of sp³-hybridized carbons (Fsp3) is 0.345. The van der Waals surface area contributed by atoms with Gasteiger partial charge in [-0.15, -0.1) is 0 Å². The van der Waals surface area contributed by atoms with Crippen molar-refractivity contribution in [2.24, 2.45) is 10.7 Å². The van der Waals surface area contributed by atoms with E-state index in [-0.39, 0.29) is 31.0 Å². The molecule has 2 heterocycles. The number of nitrogens with two attached hydrogens (primary N) is 1. The number of hydrogen-bond acceptors (Lipinski definition) is 8. The molecular weight excluding hydrogens is 534 g/mol. The summed E-state index contributed by atoms with van der Waals surface area (Å²) in [7, 11) is 1.79. The molecule has 0 saturated carbocycles. The Bertz CT molecular complexity index is 1300. The number of amides is 1. The van der Waals surface area contributed by atoms with Gasteiger partial charge >= 0.3 is 0 Å². The van der Waals surface area contributed by atoms with Crippen molar-refractivity contribution in [1.82, 2.24) is 9.88 Å². The summed E-state index contributed by atoms with van der Waals surface area (Å²) >= 11 is 6.46. The van der Waals surface area contributed by atoms with Crippen LogP contribution in [-0.4, -0.2) is 72.8 Å². The number of halogens is 1. The summed E-state index contributed by atoms with van der Waals surface area (Å²) in [5, 5.41) is 13.0. The van der Waals surface area contributed by atoms with E-state index in [1.54, 1.807) is 42.4 Å². The smallest absolute Gasteiger partial charge is 0.248 e. The second kappa shape index (κ2) is 14.5. The minimum absolute atomic E-state index is 0.00685. The minimum atomic E-state index is -0.549. The topological polar surface area (TPSA) is 132 Å². The van der Waals surface area contributed by atoms with Gasteiger partial charge in [0.15, 0.2) is 0 Å². The SMILES string of the molecule is CNc1cccc(OCCN(C(=O)CO)C2CCOCC2)c1C(N)=Nc1ccc(OCc2ccccn2)c(Cl)c1. The Balaban J connectivity index is 1.48. The van der Waals surface area contributed by atoms with Gasteiger partial charge in [0.25, 0.3) is 0 Å². The third-order valence-corrected chi connectivity index (χ3v) is 6.79. The molecule has 4 rings (SSSR count). The number of pyridine rings is 1. The molecule has 10 nitrogen and oxygen atoms in total. The molecule has 1 aliphatic rings. The van der Waals surface area contributed by atoms with Gasteiger partial charge in [0.1, 0.15) is 37.2 Å². The van der Waals surface area contributed by atoms with Crippen molar-refractivity contribution >= 4 is 34.7 Å². The molecule has 1 aliphatic heterocycles. The highest BCUT2D eigenvalue weighted by atomic mass is 35.5. The lowest BCUT2D eigenvalue weighted by molar-refractivity contribution is -0.138. The lowest BCUT2D eigenvalue weighted by Crippen LogP contribution is -2.46. The number of carbonyl (C=O) groups excluding carboxylic acids is 1. The molecule has 212 valence electrons. The fourth-order valence-electron chi connectivity index (χ4n) is 4.48. The molecule has 0 bridgehead atoms. The minimum Gasteiger partial charge on any atom is -0.491 e. The zero-order chi connectivity index (χ0) is 28.3. The molecule has 11 heteroatoms. The summed E-state index contributed by atoms with van der Waals surface area (Å²) in [6.45, 7) is 1.45. The number of amidine groups is 1. The normalized spacial score (nSPS) is 14.0. The number of carbonyl (C=O) groups is 1. The van der Waals surface area contributed by atoms with Gasteiger partial charge < -0.3 is 35.3 Å². The predicted molar refractivity (Wildman–Crippen MR) is 155 cm³/mol. The van der Waals surface area contributed by atoms with Gasteiger partial charge in [-0.1, -0.05) is 23.7 Å². The van der Waals surface area contributed by atoms with Crippen LogP contribution in [0.3, 0.4) is 0 Å². The van der Waals surface area contributed by atoms with E-state index < -0.39 is 6.61 Å². The molecule has 0 aliphatic carbocycles. The quantitative estimate of drug-likeness (QED) is 0.223. The molecule has 2 aromatic carbocycles. The Morgan fingerprint density at radius 3 is 2.70 bits per heavy atom. The standard InChI is InChI=1S/C29H34ClN5O5/c1-32-24-6-4-7-26(39-16-13-35(27(37)18-36)22-10-14-38-15-11-22)28(24)29(31)34-20-8-9-25(23(30)17-20)40-19-21-5-2-3-12-33-21/h2-9,12,17,22,32,36H,10-11,13-16,18-19H2,1H3,(H2,31,34). The maximum Gasteiger partial charge on any atom is 0.248 e. The van der Waals surface area contributed by atoms with Crippen LogP contribution in [0, 0.1) is 0 Å². The van der Waals surface area contributed by atoms with Gasteiger partial charge in [0.05, 0.1) is 28.5 Å². The van der Waals surface area contributed by atoms with Gasteiger partial charge in [-0.05, 0) is 55.3 Å².